The lowest BCUT2D eigenvalue weighted by molar-refractivity contribution is -0.128. The van der Waals surface area contributed by atoms with Gasteiger partial charge in [-0.05, 0) is 49.9 Å². The van der Waals surface area contributed by atoms with E-state index in [0.717, 1.165) is 24.8 Å². The Kier molecular flexibility index (Phi) is 5.44. The van der Waals surface area contributed by atoms with Crippen molar-refractivity contribution in [2.75, 3.05) is 6.54 Å². The SMILES string of the molecule is C[C@H](NC(=O)C1CCCCC1CN)c1cccc(Cl)c1. The number of carbonyl (C=O) groups is 1. The molecule has 4 heteroatoms. The number of hydrogen-bond donors (Lipinski definition) is 2. The highest BCUT2D eigenvalue weighted by molar-refractivity contribution is 6.30. The summed E-state index contributed by atoms with van der Waals surface area (Å²) in [6.45, 7) is 2.59. The predicted molar refractivity (Wildman–Crippen MR) is 82.5 cm³/mol. The molecule has 110 valence electrons. The van der Waals surface area contributed by atoms with Crippen LogP contribution in [0.25, 0.3) is 0 Å². The third kappa shape index (κ3) is 3.74. The highest BCUT2D eigenvalue weighted by Crippen LogP contribution is 2.30. The Bertz CT molecular complexity index is 464. The molecule has 0 radical (unpaired) electrons. The number of rotatable bonds is 4. The first-order valence-corrected chi connectivity index (χ1v) is 7.75. The largest absolute Gasteiger partial charge is 0.349 e. The van der Waals surface area contributed by atoms with Gasteiger partial charge in [-0.15, -0.1) is 0 Å². The number of nitrogens with one attached hydrogen (secondary N) is 1. The number of halogens is 1. The lowest BCUT2D eigenvalue weighted by Gasteiger charge is -2.30. The van der Waals surface area contributed by atoms with E-state index < -0.39 is 0 Å². The minimum atomic E-state index is -0.0263. The van der Waals surface area contributed by atoms with Crippen molar-refractivity contribution in [3.8, 4) is 0 Å². The molecule has 1 aliphatic rings. The molecule has 2 rings (SSSR count). The maximum absolute atomic E-state index is 12.4. The van der Waals surface area contributed by atoms with Gasteiger partial charge < -0.3 is 11.1 Å². The Hall–Kier alpha value is -1.06. The van der Waals surface area contributed by atoms with E-state index in [-0.39, 0.29) is 17.9 Å². The Balaban J connectivity index is 1.99. The van der Waals surface area contributed by atoms with Crippen LogP contribution >= 0.6 is 11.6 Å². The summed E-state index contributed by atoms with van der Waals surface area (Å²) >= 11 is 5.99. The van der Waals surface area contributed by atoms with Gasteiger partial charge in [-0.2, -0.15) is 0 Å². The van der Waals surface area contributed by atoms with Gasteiger partial charge >= 0.3 is 0 Å². The van der Waals surface area contributed by atoms with Gasteiger partial charge in [-0.1, -0.05) is 36.6 Å². The molecule has 0 saturated heterocycles. The molecule has 1 aromatic carbocycles. The summed E-state index contributed by atoms with van der Waals surface area (Å²) in [7, 11) is 0. The van der Waals surface area contributed by atoms with Crippen molar-refractivity contribution in [3.05, 3.63) is 34.9 Å². The van der Waals surface area contributed by atoms with E-state index in [9.17, 15) is 4.79 Å². The normalized spacial score (nSPS) is 24.1. The van der Waals surface area contributed by atoms with Gasteiger partial charge in [0.05, 0.1) is 6.04 Å². The molecular formula is C16H23ClN2O. The van der Waals surface area contributed by atoms with E-state index in [1.54, 1.807) is 0 Å². The van der Waals surface area contributed by atoms with Gasteiger partial charge in [0.15, 0.2) is 0 Å². The van der Waals surface area contributed by atoms with E-state index in [1.807, 2.05) is 31.2 Å². The second kappa shape index (κ2) is 7.09. The molecule has 1 amide bonds. The third-order valence-electron chi connectivity index (χ3n) is 4.26. The summed E-state index contributed by atoms with van der Waals surface area (Å²) in [6.07, 6.45) is 4.34. The van der Waals surface area contributed by atoms with Crippen molar-refractivity contribution in [3.63, 3.8) is 0 Å². The van der Waals surface area contributed by atoms with E-state index in [2.05, 4.69) is 5.32 Å². The van der Waals surface area contributed by atoms with Crippen molar-refractivity contribution in [2.45, 2.75) is 38.6 Å². The monoisotopic (exact) mass is 294 g/mol. The Morgan fingerprint density at radius 2 is 2.20 bits per heavy atom. The standard InChI is InChI=1S/C16H23ClN2O/c1-11(12-6-4-7-14(17)9-12)19-16(20)15-8-3-2-5-13(15)10-18/h4,6-7,9,11,13,15H,2-3,5,8,10,18H2,1H3,(H,19,20)/t11-,13?,15?/m0/s1. The fraction of sp³-hybridized carbons (Fsp3) is 0.562. The highest BCUT2D eigenvalue weighted by atomic mass is 35.5. The van der Waals surface area contributed by atoms with Crippen LogP contribution in [0, 0.1) is 11.8 Å². The first-order chi connectivity index (χ1) is 9.61. The van der Waals surface area contributed by atoms with Crippen LogP contribution in [0.2, 0.25) is 5.02 Å². The van der Waals surface area contributed by atoms with Crippen molar-refractivity contribution < 1.29 is 4.79 Å². The molecule has 0 aromatic heterocycles. The third-order valence-corrected chi connectivity index (χ3v) is 4.49. The number of benzene rings is 1. The average Bonchev–Trinajstić information content (AvgIpc) is 2.47. The quantitative estimate of drug-likeness (QED) is 0.895. The summed E-state index contributed by atoms with van der Waals surface area (Å²) in [6, 6.07) is 7.60. The summed E-state index contributed by atoms with van der Waals surface area (Å²) in [4.78, 5) is 12.4. The molecule has 0 aliphatic heterocycles. The molecule has 3 atom stereocenters. The van der Waals surface area contributed by atoms with Crippen LogP contribution in [0.5, 0.6) is 0 Å². The molecule has 2 unspecified atom stereocenters. The number of amides is 1. The van der Waals surface area contributed by atoms with Crippen LogP contribution in [0.3, 0.4) is 0 Å². The Morgan fingerprint density at radius 1 is 1.45 bits per heavy atom. The average molecular weight is 295 g/mol. The van der Waals surface area contributed by atoms with Gasteiger partial charge in [0.1, 0.15) is 0 Å². The number of carbonyl (C=O) groups excluding carboxylic acids is 1. The van der Waals surface area contributed by atoms with Gasteiger partial charge in [0.2, 0.25) is 5.91 Å². The van der Waals surface area contributed by atoms with Gasteiger partial charge in [0, 0.05) is 10.9 Å². The van der Waals surface area contributed by atoms with Crippen LogP contribution in [0.4, 0.5) is 0 Å². The topological polar surface area (TPSA) is 55.1 Å². The molecule has 0 heterocycles. The molecule has 0 bridgehead atoms. The Labute approximate surface area is 125 Å². The van der Waals surface area contributed by atoms with Gasteiger partial charge in [0.25, 0.3) is 0 Å². The molecule has 1 saturated carbocycles. The molecular weight excluding hydrogens is 272 g/mol. The zero-order chi connectivity index (χ0) is 14.5. The maximum Gasteiger partial charge on any atom is 0.223 e. The molecule has 1 aliphatic carbocycles. The predicted octanol–water partition coefficient (Wildman–Crippen LogP) is 3.28. The summed E-state index contributed by atoms with van der Waals surface area (Å²) in [5, 5.41) is 3.80. The van der Waals surface area contributed by atoms with Crippen LogP contribution in [0.15, 0.2) is 24.3 Å². The van der Waals surface area contributed by atoms with E-state index in [4.69, 9.17) is 17.3 Å². The zero-order valence-electron chi connectivity index (χ0n) is 11.9. The van der Waals surface area contributed by atoms with E-state index >= 15 is 0 Å². The van der Waals surface area contributed by atoms with Crippen LogP contribution in [-0.4, -0.2) is 12.5 Å². The fourth-order valence-corrected chi connectivity index (χ4v) is 3.21. The molecule has 3 nitrogen and oxygen atoms in total. The van der Waals surface area contributed by atoms with Crippen LogP contribution < -0.4 is 11.1 Å². The second-order valence-corrected chi connectivity index (χ2v) is 6.11. The van der Waals surface area contributed by atoms with Gasteiger partial charge in [-0.3, -0.25) is 4.79 Å². The lowest BCUT2D eigenvalue weighted by atomic mass is 9.78. The van der Waals surface area contributed by atoms with E-state index in [1.165, 1.54) is 6.42 Å². The van der Waals surface area contributed by atoms with Crippen LogP contribution in [-0.2, 0) is 4.79 Å². The molecule has 0 spiro atoms. The molecule has 1 aromatic rings. The number of nitrogens with two attached hydrogens (primary N) is 1. The zero-order valence-corrected chi connectivity index (χ0v) is 12.7. The van der Waals surface area contributed by atoms with Gasteiger partial charge in [-0.25, -0.2) is 0 Å². The summed E-state index contributed by atoms with van der Waals surface area (Å²) in [5.74, 6) is 0.526. The highest BCUT2D eigenvalue weighted by Gasteiger charge is 2.30. The minimum Gasteiger partial charge on any atom is -0.349 e. The molecule has 20 heavy (non-hydrogen) atoms. The van der Waals surface area contributed by atoms with E-state index in [0.29, 0.717) is 17.5 Å². The second-order valence-electron chi connectivity index (χ2n) is 5.67. The smallest absolute Gasteiger partial charge is 0.223 e. The summed E-state index contributed by atoms with van der Waals surface area (Å²) in [5.41, 5.74) is 6.83. The minimum absolute atomic E-state index is 0.0263. The first kappa shape index (κ1) is 15.3. The molecule has 1 fully saturated rings. The first-order valence-electron chi connectivity index (χ1n) is 7.37. The number of hydrogen-bond acceptors (Lipinski definition) is 2. The van der Waals surface area contributed by atoms with Crippen molar-refractivity contribution in [2.24, 2.45) is 17.6 Å². The maximum atomic E-state index is 12.4. The van der Waals surface area contributed by atoms with Crippen molar-refractivity contribution >= 4 is 17.5 Å². The van der Waals surface area contributed by atoms with Crippen LogP contribution in [0.1, 0.15) is 44.2 Å². The Morgan fingerprint density at radius 3 is 2.90 bits per heavy atom. The summed E-state index contributed by atoms with van der Waals surface area (Å²) < 4.78 is 0. The van der Waals surface area contributed by atoms with Crippen molar-refractivity contribution in [1.82, 2.24) is 5.32 Å². The molecule has 3 N–H and O–H groups in total. The van der Waals surface area contributed by atoms with Crippen molar-refractivity contribution in [1.29, 1.82) is 0 Å². The fourth-order valence-electron chi connectivity index (χ4n) is 3.01. The lowest BCUT2D eigenvalue weighted by Crippen LogP contribution is -2.40.